The fourth-order valence-electron chi connectivity index (χ4n) is 1.82. The van der Waals surface area contributed by atoms with E-state index in [0.29, 0.717) is 24.4 Å². The number of nitrogens with zero attached hydrogens (tertiary/aromatic N) is 1. The van der Waals surface area contributed by atoms with E-state index < -0.39 is 6.10 Å². The number of ether oxygens (including phenoxy) is 1. The first-order valence-corrected chi connectivity index (χ1v) is 6.56. The number of benzene rings is 1. The zero-order valence-corrected chi connectivity index (χ0v) is 12.0. The summed E-state index contributed by atoms with van der Waals surface area (Å²) in [5.41, 5.74) is 0.634. The van der Waals surface area contributed by atoms with Crippen LogP contribution in [0.2, 0.25) is 0 Å². The Hall–Kier alpha value is -1.84. The number of hydrogen-bond acceptors (Lipinski definition) is 3. The third kappa shape index (κ3) is 4.09. The Morgan fingerprint density at radius 2 is 1.68 bits per heavy atom. The van der Waals surface area contributed by atoms with Crippen molar-refractivity contribution in [2.45, 2.75) is 33.8 Å². The van der Waals surface area contributed by atoms with Crippen molar-refractivity contribution in [3.8, 4) is 5.75 Å². The summed E-state index contributed by atoms with van der Waals surface area (Å²) in [6.45, 7) is 8.48. The molecule has 4 heteroatoms. The van der Waals surface area contributed by atoms with E-state index in [2.05, 4.69) is 0 Å². The van der Waals surface area contributed by atoms with Gasteiger partial charge in [0.1, 0.15) is 5.75 Å². The Labute approximate surface area is 114 Å². The minimum Gasteiger partial charge on any atom is -0.481 e. The first-order valence-electron chi connectivity index (χ1n) is 6.56. The van der Waals surface area contributed by atoms with Crippen LogP contribution in [0.15, 0.2) is 24.3 Å². The molecule has 0 heterocycles. The number of Topliss-reactive ketones (excluding diaryl/α,β-unsaturated/α-hetero) is 1. The average molecular weight is 263 g/mol. The van der Waals surface area contributed by atoms with Crippen molar-refractivity contribution in [2.24, 2.45) is 0 Å². The normalized spacial score (nSPS) is 11.8. The quantitative estimate of drug-likeness (QED) is 0.741. The summed E-state index contributed by atoms with van der Waals surface area (Å²) in [7, 11) is 0. The van der Waals surface area contributed by atoms with Gasteiger partial charge in [0.05, 0.1) is 0 Å². The number of carbonyl (C=O) groups excluding carboxylic acids is 2. The minimum absolute atomic E-state index is 0.0128. The molecule has 0 aliphatic carbocycles. The first-order chi connectivity index (χ1) is 8.99. The van der Waals surface area contributed by atoms with Gasteiger partial charge in [-0.3, -0.25) is 9.59 Å². The van der Waals surface area contributed by atoms with E-state index in [1.807, 2.05) is 13.8 Å². The van der Waals surface area contributed by atoms with Crippen LogP contribution in [0.3, 0.4) is 0 Å². The first kappa shape index (κ1) is 15.2. The van der Waals surface area contributed by atoms with Crippen molar-refractivity contribution in [1.82, 2.24) is 4.90 Å². The molecule has 0 aliphatic heterocycles. The van der Waals surface area contributed by atoms with Crippen molar-refractivity contribution in [3.05, 3.63) is 29.8 Å². The van der Waals surface area contributed by atoms with Crippen LogP contribution in [-0.4, -0.2) is 35.8 Å². The molecule has 1 aromatic rings. The number of hydrogen-bond donors (Lipinski definition) is 0. The lowest BCUT2D eigenvalue weighted by Crippen LogP contribution is -2.40. The van der Waals surface area contributed by atoms with Gasteiger partial charge in [0.15, 0.2) is 11.9 Å². The lowest BCUT2D eigenvalue weighted by molar-refractivity contribution is -0.137. The lowest BCUT2D eigenvalue weighted by atomic mass is 10.1. The summed E-state index contributed by atoms with van der Waals surface area (Å²) < 4.78 is 5.59. The van der Waals surface area contributed by atoms with Crippen LogP contribution >= 0.6 is 0 Å². The van der Waals surface area contributed by atoms with Gasteiger partial charge in [0.25, 0.3) is 5.91 Å². The predicted molar refractivity (Wildman–Crippen MR) is 74.5 cm³/mol. The van der Waals surface area contributed by atoms with Gasteiger partial charge in [-0.25, -0.2) is 0 Å². The summed E-state index contributed by atoms with van der Waals surface area (Å²) in [5.74, 6) is 0.581. The fraction of sp³-hybridized carbons (Fsp3) is 0.467. The fourth-order valence-corrected chi connectivity index (χ4v) is 1.82. The van der Waals surface area contributed by atoms with Crippen LogP contribution < -0.4 is 4.74 Å². The number of rotatable bonds is 6. The van der Waals surface area contributed by atoms with Crippen LogP contribution in [0.5, 0.6) is 5.75 Å². The Morgan fingerprint density at radius 1 is 1.16 bits per heavy atom. The molecular weight excluding hydrogens is 242 g/mol. The Bertz CT molecular complexity index is 435. The Kier molecular flexibility index (Phi) is 5.55. The molecule has 0 fully saturated rings. The maximum atomic E-state index is 12.0. The van der Waals surface area contributed by atoms with Crippen molar-refractivity contribution >= 4 is 11.7 Å². The highest BCUT2D eigenvalue weighted by Gasteiger charge is 2.19. The zero-order valence-electron chi connectivity index (χ0n) is 12.0. The molecule has 0 bridgehead atoms. The summed E-state index contributed by atoms with van der Waals surface area (Å²) >= 11 is 0. The summed E-state index contributed by atoms with van der Waals surface area (Å²) in [4.78, 5) is 24.9. The van der Waals surface area contributed by atoms with Crippen LogP contribution in [0.1, 0.15) is 38.1 Å². The van der Waals surface area contributed by atoms with E-state index in [4.69, 9.17) is 4.74 Å². The third-order valence-electron chi connectivity index (χ3n) is 3.00. The van der Waals surface area contributed by atoms with Crippen LogP contribution in [0, 0.1) is 0 Å². The van der Waals surface area contributed by atoms with E-state index in [0.717, 1.165) is 0 Å². The summed E-state index contributed by atoms with van der Waals surface area (Å²) in [5, 5.41) is 0. The molecule has 0 N–H and O–H groups in total. The predicted octanol–water partition coefficient (Wildman–Crippen LogP) is 2.52. The van der Waals surface area contributed by atoms with Gasteiger partial charge in [0.2, 0.25) is 0 Å². The molecule has 0 spiro atoms. The molecule has 4 nitrogen and oxygen atoms in total. The van der Waals surface area contributed by atoms with E-state index in [9.17, 15) is 9.59 Å². The number of ketones is 1. The van der Waals surface area contributed by atoms with Gasteiger partial charge in [-0.05, 0) is 52.0 Å². The highest BCUT2D eigenvalue weighted by molar-refractivity contribution is 5.94. The van der Waals surface area contributed by atoms with Crippen molar-refractivity contribution < 1.29 is 14.3 Å². The van der Waals surface area contributed by atoms with Crippen LogP contribution in [0.25, 0.3) is 0 Å². The van der Waals surface area contributed by atoms with Gasteiger partial charge in [-0.2, -0.15) is 0 Å². The second kappa shape index (κ2) is 6.92. The molecule has 0 aromatic heterocycles. The molecule has 0 saturated carbocycles. The lowest BCUT2D eigenvalue weighted by Gasteiger charge is -2.23. The van der Waals surface area contributed by atoms with Gasteiger partial charge < -0.3 is 9.64 Å². The second-order valence-corrected chi connectivity index (χ2v) is 4.35. The van der Waals surface area contributed by atoms with Crippen LogP contribution in [0.4, 0.5) is 0 Å². The maximum absolute atomic E-state index is 12.0. The van der Waals surface area contributed by atoms with Crippen molar-refractivity contribution in [3.63, 3.8) is 0 Å². The summed E-state index contributed by atoms with van der Waals surface area (Å²) in [6, 6.07) is 6.82. The van der Waals surface area contributed by atoms with E-state index >= 15 is 0 Å². The van der Waals surface area contributed by atoms with Crippen LogP contribution in [-0.2, 0) is 4.79 Å². The minimum atomic E-state index is -0.525. The van der Waals surface area contributed by atoms with Crippen molar-refractivity contribution in [1.29, 1.82) is 0 Å². The van der Waals surface area contributed by atoms with E-state index in [1.165, 1.54) is 6.92 Å². The Morgan fingerprint density at radius 3 is 2.11 bits per heavy atom. The molecular formula is C15H21NO3. The van der Waals surface area contributed by atoms with Gasteiger partial charge in [-0.15, -0.1) is 0 Å². The van der Waals surface area contributed by atoms with Crippen molar-refractivity contribution in [2.75, 3.05) is 13.1 Å². The maximum Gasteiger partial charge on any atom is 0.263 e. The molecule has 1 unspecified atom stereocenters. The molecule has 0 radical (unpaired) electrons. The number of amides is 1. The number of carbonyl (C=O) groups is 2. The largest absolute Gasteiger partial charge is 0.481 e. The molecule has 0 saturated heterocycles. The molecule has 0 aliphatic rings. The second-order valence-electron chi connectivity index (χ2n) is 4.35. The SMILES string of the molecule is CCN(CC)C(=O)C(C)Oc1ccc(C(C)=O)cc1. The molecule has 19 heavy (non-hydrogen) atoms. The molecule has 1 atom stereocenters. The third-order valence-corrected chi connectivity index (χ3v) is 3.00. The topological polar surface area (TPSA) is 46.6 Å². The van der Waals surface area contributed by atoms with Gasteiger partial charge >= 0.3 is 0 Å². The average Bonchev–Trinajstić information content (AvgIpc) is 2.40. The summed E-state index contributed by atoms with van der Waals surface area (Å²) in [6.07, 6.45) is -0.525. The molecule has 1 aromatic carbocycles. The highest BCUT2D eigenvalue weighted by atomic mass is 16.5. The zero-order chi connectivity index (χ0) is 14.4. The van der Waals surface area contributed by atoms with Gasteiger partial charge in [-0.1, -0.05) is 0 Å². The monoisotopic (exact) mass is 263 g/mol. The van der Waals surface area contributed by atoms with E-state index in [1.54, 1.807) is 36.1 Å². The molecule has 1 rings (SSSR count). The number of likely N-dealkylation sites (N-methyl/N-ethyl adjacent to an activating group) is 1. The smallest absolute Gasteiger partial charge is 0.263 e. The van der Waals surface area contributed by atoms with E-state index in [-0.39, 0.29) is 11.7 Å². The molecule has 1 amide bonds. The Balaban J connectivity index is 2.68. The molecule has 104 valence electrons. The standard InChI is InChI=1S/C15H21NO3/c1-5-16(6-2)15(18)12(4)19-14-9-7-13(8-10-14)11(3)17/h7-10,12H,5-6H2,1-4H3. The highest BCUT2D eigenvalue weighted by Crippen LogP contribution is 2.15. The van der Waals surface area contributed by atoms with Gasteiger partial charge in [0, 0.05) is 18.7 Å².